The van der Waals surface area contributed by atoms with E-state index in [0.717, 1.165) is 11.3 Å². The molecule has 90 valence electrons. The van der Waals surface area contributed by atoms with Gasteiger partial charge in [-0.05, 0) is 16.8 Å². The lowest BCUT2D eigenvalue weighted by atomic mass is 10.0. The number of benzene rings is 2. The Hall–Kier alpha value is -2.68. The molecule has 0 saturated heterocycles. The topological polar surface area (TPSA) is 30.2 Å². The van der Waals surface area contributed by atoms with Crippen molar-refractivity contribution < 1.29 is 0 Å². The maximum absolute atomic E-state index is 4.36. The van der Waals surface area contributed by atoms with Crippen LogP contribution in [0.3, 0.4) is 0 Å². The summed E-state index contributed by atoms with van der Waals surface area (Å²) in [5.41, 5.74) is 3.10. The molecule has 0 amide bonds. The van der Waals surface area contributed by atoms with E-state index in [1.807, 2.05) is 22.8 Å². The van der Waals surface area contributed by atoms with Crippen molar-refractivity contribution in [1.29, 1.82) is 0 Å². The molecule has 3 heteroatoms. The van der Waals surface area contributed by atoms with Gasteiger partial charge in [-0.15, -0.1) is 0 Å². The van der Waals surface area contributed by atoms with E-state index in [9.17, 15) is 0 Å². The van der Waals surface area contributed by atoms with Gasteiger partial charge in [0.15, 0.2) is 5.65 Å². The zero-order valence-electron chi connectivity index (χ0n) is 10.2. The largest absolute Gasteiger partial charge is 0.237 e. The smallest absolute Gasteiger partial charge is 0.155 e. The van der Waals surface area contributed by atoms with Crippen molar-refractivity contribution >= 4 is 16.4 Å². The SMILES string of the molecule is c1ccc2c(-c3ccnc4ccnn34)cccc2c1. The lowest BCUT2D eigenvalue weighted by Gasteiger charge is -2.08. The summed E-state index contributed by atoms with van der Waals surface area (Å²) in [4.78, 5) is 4.31. The predicted octanol–water partition coefficient (Wildman–Crippen LogP) is 3.55. The van der Waals surface area contributed by atoms with Crippen molar-refractivity contribution in [2.24, 2.45) is 0 Å². The van der Waals surface area contributed by atoms with Crippen molar-refractivity contribution in [3.63, 3.8) is 0 Å². The van der Waals surface area contributed by atoms with Crippen LogP contribution in [0.5, 0.6) is 0 Å². The van der Waals surface area contributed by atoms with Crippen LogP contribution in [-0.2, 0) is 0 Å². The van der Waals surface area contributed by atoms with Gasteiger partial charge >= 0.3 is 0 Å². The summed E-state index contributed by atoms with van der Waals surface area (Å²) in [5.74, 6) is 0. The van der Waals surface area contributed by atoms with Crippen LogP contribution in [0.2, 0.25) is 0 Å². The van der Waals surface area contributed by atoms with Gasteiger partial charge in [0.2, 0.25) is 0 Å². The second-order valence-corrected chi connectivity index (χ2v) is 4.46. The summed E-state index contributed by atoms with van der Waals surface area (Å²) in [5, 5.41) is 6.82. The Balaban J connectivity index is 2.12. The van der Waals surface area contributed by atoms with Crippen molar-refractivity contribution in [1.82, 2.24) is 14.6 Å². The molecule has 19 heavy (non-hydrogen) atoms. The van der Waals surface area contributed by atoms with E-state index in [-0.39, 0.29) is 0 Å². The van der Waals surface area contributed by atoms with Crippen LogP contribution >= 0.6 is 0 Å². The molecule has 0 aliphatic rings. The van der Waals surface area contributed by atoms with Crippen LogP contribution in [-0.4, -0.2) is 14.6 Å². The summed E-state index contributed by atoms with van der Waals surface area (Å²) in [6, 6.07) is 18.6. The number of rotatable bonds is 1. The van der Waals surface area contributed by atoms with Crippen LogP contribution in [0, 0.1) is 0 Å². The fourth-order valence-corrected chi connectivity index (χ4v) is 2.49. The first-order chi connectivity index (χ1) is 9.43. The molecule has 0 N–H and O–H groups in total. The van der Waals surface area contributed by atoms with Crippen LogP contribution in [0.4, 0.5) is 0 Å². The van der Waals surface area contributed by atoms with Crippen molar-refractivity contribution in [2.45, 2.75) is 0 Å². The number of hydrogen-bond donors (Lipinski definition) is 0. The molecule has 0 unspecified atom stereocenters. The van der Waals surface area contributed by atoms with Gasteiger partial charge in [0.05, 0.1) is 11.9 Å². The average Bonchev–Trinajstić information content (AvgIpc) is 2.95. The second-order valence-electron chi connectivity index (χ2n) is 4.46. The molecule has 0 aliphatic carbocycles. The third-order valence-electron chi connectivity index (χ3n) is 3.36. The predicted molar refractivity (Wildman–Crippen MR) is 75.9 cm³/mol. The number of nitrogens with zero attached hydrogens (tertiary/aromatic N) is 3. The number of fused-ring (bicyclic) bond motifs is 2. The first-order valence-electron chi connectivity index (χ1n) is 6.20. The molecule has 0 spiro atoms. The fourth-order valence-electron chi connectivity index (χ4n) is 2.49. The third kappa shape index (κ3) is 1.52. The lowest BCUT2D eigenvalue weighted by molar-refractivity contribution is 0.949. The zero-order valence-corrected chi connectivity index (χ0v) is 10.2. The van der Waals surface area contributed by atoms with Crippen LogP contribution in [0.1, 0.15) is 0 Å². The summed E-state index contributed by atoms with van der Waals surface area (Å²) >= 11 is 0. The number of aromatic nitrogens is 3. The van der Waals surface area contributed by atoms with Gasteiger partial charge in [0, 0.05) is 17.8 Å². The van der Waals surface area contributed by atoms with E-state index >= 15 is 0 Å². The quantitative estimate of drug-likeness (QED) is 0.513. The summed E-state index contributed by atoms with van der Waals surface area (Å²) in [6.07, 6.45) is 3.60. The molecule has 0 fully saturated rings. The fraction of sp³-hybridized carbons (Fsp3) is 0. The molecular formula is C16H11N3. The van der Waals surface area contributed by atoms with E-state index in [0.29, 0.717) is 0 Å². The Bertz CT molecular complexity index is 872. The average molecular weight is 245 g/mol. The molecule has 0 bridgehead atoms. The first-order valence-corrected chi connectivity index (χ1v) is 6.20. The molecular weight excluding hydrogens is 234 g/mol. The Morgan fingerprint density at radius 2 is 1.68 bits per heavy atom. The van der Waals surface area contributed by atoms with E-state index < -0.39 is 0 Å². The molecule has 0 radical (unpaired) electrons. The van der Waals surface area contributed by atoms with E-state index in [1.54, 1.807) is 6.20 Å². The van der Waals surface area contributed by atoms with Crippen molar-refractivity contribution in [3.05, 3.63) is 67.0 Å². The molecule has 2 aromatic heterocycles. The minimum atomic E-state index is 0.866. The number of hydrogen-bond acceptors (Lipinski definition) is 2. The van der Waals surface area contributed by atoms with Crippen LogP contribution in [0.25, 0.3) is 27.7 Å². The van der Waals surface area contributed by atoms with Gasteiger partial charge in [0.25, 0.3) is 0 Å². The van der Waals surface area contributed by atoms with Gasteiger partial charge in [-0.2, -0.15) is 5.10 Å². The summed E-state index contributed by atoms with van der Waals surface area (Å²) in [7, 11) is 0. The highest BCUT2D eigenvalue weighted by Crippen LogP contribution is 2.28. The maximum atomic E-state index is 4.36. The Morgan fingerprint density at radius 1 is 0.789 bits per heavy atom. The van der Waals surface area contributed by atoms with Crippen LogP contribution < -0.4 is 0 Å². The van der Waals surface area contributed by atoms with Gasteiger partial charge in [-0.1, -0.05) is 42.5 Å². The van der Waals surface area contributed by atoms with Gasteiger partial charge in [0.1, 0.15) is 0 Å². The highest BCUT2D eigenvalue weighted by Gasteiger charge is 2.07. The van der Waals surface area contributed by atoms with Gasteiger partial charge < -0.3 is 0 Å². The van der Waals surface area contributed by atoms with E-state index in [2.05, 4.69) is 52.5 Å². The molecule has 2 heterocycles. The normalized spacial score (nSPS) is 11.2. The van der Waals surface area contributed by atoms with E-state index in [4.69, 9.17) is 0 Å². The van der Waals surface area contributed by atoms with Crippen molar-refractivity contribution in [3.8, 4) is 11.3 Å². The monoisotopic (exact) mass is 245 g/mol. The highest BCUT2D eigenvalue weighted by atomic mass is 15.2. The first kappa shape index (κ1) is 10.3. The second kappa shape index (κ2) is 3.92. The highest BCUT2D eigenvalue weighted by molar-refractivity contribution is 5.96. The summed E-state index contributed by atoms with van der Waals surface area (Å²) in [6.45, 7) is 0. The van der Waals surface area contributed by atoms with E-state index in [1.165, 1.54) is 16.3 Å². The third-order valence-corrected chi connectivity index (χ3v) is 3.36. The van der Waals surface area contributed by atoms with Gasteiger partial charge in [-0.25, -0.2) is 9.50 Å². The molecule has 4 aromatic rings. The van der Waals surface area contributed by atoms with Gasteiger partial charge in [-0.3, -0.25) is 0 Å². The maximum Gasteiger partial charge on any atom is 0.155 e. The molecule has 2 aromatic carbocycles. The Labute approximate surface area is 110 Å². The summed E-state index contributed by atoms with van der Waals surface area (Å²) < 4.78 is 1.88. The van der Waals surface area contributed by atoms with Crippen molar-refractivity contribution in [2.75, 3.05) is 0 Å². The Kier molecular flexibility index (Phi) is 2.12. The molecule has 4 rings (SSSR count). The molecule has 0 atom stereocenters. The standard InChI is InChI=1S/C16H11N3/c1-2-6-13-12(4-1)5-3-7-14(13)15-8-10-17-16-9-11-18-19(15)16/h1-11H. The minimum absolute atomic E-state index is 0.866. The molecule has 0 saturated carbocycles. The lowest BCUT2D eigenvalue weighted by Crippen LogP contribution is -1.95. The zero-order chi connectivity index (χ0) is 12.7. The minimum Gasteiger partial charge on any atom is -0.237 e. The molecule has 0 aliphatic heterocycles. The Morgan fingerprint density at radius 3 is 2.68 bits per heavy atom. The van der Waals surface area contributed by atoms with Crippen LogP contribution in [0.15, 0.2) is 67.0 Å². The molecule has 3 nitrogen and oxygen atoms in total.